The van der Waals surface area contributed by atoms with Crippen LogP contribution in [0.4, 0.5) is 5.69 Å². The summed E-state index contributed by atoms with van der Waals surface area (Å²) in [7, 11) is 0. The number of fused-ring (bicyclic) bond motifs is 11. The molecule has 2 heterocycles. The number of benzene rings is 10. The molecule has 0 saturated heterocycles. The highest BCUT2D eigenvalue weighted by molar-refractivity contribution is 6.31. The summed E-state index contributed by atoms with van der Waals surface area (Å²) in [6.45, 7) is 6.85. The maximum absolute atomic E-state index is 6.08. The Morgan fingerprint density at radius 1 is 0.409 bits per heavy atom. The van der Waals surface area contributed by atoms with Crippen LogP contribution in [-0.4, -0.2) is 9.13 Å². The predicted octanol–water partition coefficient (Wildman–Crippen LogP) is 15.9. The van der Waals surface area contributed by atoms with Crippen LogP contribution in [0, 0.1) is 6.92 Å². The second-order valence-electron chi connectivity index (χ2n) is 16.8. The molecule has 12 aromatic rings. The quantitative estimate of drug-likeness (QED) is 0.134. The van der Waals surface area contributed by atoms with Gasteiger partial charge in [-0.05, 0) is 94.7 Å². The van der Waals surface area contributed by atoms with Gasteiger partial charge in [-0.1, -0.05) is 202 Å². The third kappa shape index (κ3) is 8.67. The smallest absolute Gasteiger partial charge is 0.0619 e. The molecule has 66 heavy (non-hydrogen) atoms. The van der Waals surface area contributed by atoms with Crippen molar-refractivity contribution in [3.63, 3.8) is 0 Å². The molecular weight excluding hydrogens is 801 g/mol. The van der Waals surface area contributed by atoms with Gasteiger partial charge in [-0.3, -0.25) is 0 Å². The molecule has 0 atom stereocenters. The lowest BCUT2D eigenvalue weighted by Gasteiger charge is -2.13. The van der Waals surface area contributed by atoms with Gasteiger partial charge in [0.1, 0.15) is 0 Å². The van der Waals surface area contributed by atoms with Crippen molar-refractivity contribution in [3.05, 3.63) is 247 Å². The van der Waals surface area contributed by atoms with E-state index in [0.717, 1.165) is 23.4 Å². The Kier molecular flexibility index (Phi) is 13.0. The number of para-hydroxylation sites is 4. The molecule has 0 aliphatic heterocycles. The van der Waals surface area contributed by atoms with Crippen molar-refractivity contribution in [2.75, 3.05) is 5.73 Å². The summed E-state index contributed by atoms with van der Waals surface area (Å²) < 4.78 is 4.82. The summed E-state index contributed by atoms with van der Waals surface area (Å²) in [6, 6.07) is 79.3. The van der Waals surface area contributed by atoms with Crippen LogP contribution >= 0.6 is 0 Å². The average molecular weight is 857 g/mol. The van der Waals surface area contributed by atoms with E-state index in [1.165, 1.54) is 94.0 Å². The minimum atomic E-state index is 0.514. The molecule has 324 valence electrons. The lowest BCUT2D eigenvalue weighted by atomic mass is 9.96. The van der Waals surface area contributed by atoms with Gasteiger partial charge in [0.25, 0.3) is 0 Å². The van der Waals surface area contributed by atoms with Gasteiger partial charge in [0.2, 0.25) is 0 Å². The Labute approximate surface area is 388 Å². The molecule has 0 spiro atoms. The van der Waals surface area contributed by atoms with E-state index in [0.29, 0.717) is 6.54 Å². The van der Waals surface area contributed by atoms with Gasteiger partial charge in [0, 0.05) is 50.5 Å². The van der Waals surface area contributed by atoms with Crippen molar-refractivity contribution in [3.8, 4) is 11.4 Å². The summed E-state index contributed by atoms with van der Waals surface area (Å²) in [5.74, 6) is 0. The summed E-state index contributed by atoms with van der Waals surface area (Å²) in [4.78, 5) is 0. The van der Waals surface area contributed by atoms with Crippen LogP contribution in [-0.2, 0) is 13.0 Å². The van der Waals surface area contributed by atoms with Gasteiger partial charge in [0.05, 0.1) is 22.1 Å². The first-order chi connectivity index (χ1) is 32.5. The van der Waals surface area contributed by atoms with Crippen LogP contribution in [0.1, 0.15) is 42.5 Å². The molecule has 12 rings (SSSR count). The first-order valence-corrected chi connectivity index (χ1v) is 23.0. The second-order valence-corrected chi connectivity index (χ2v) is 16.8. The topological polar surface area (TPSA) is 61.9 Å². The van der Waals surface area contributed by atoms with E-state index in [2.05, 4.69) is 212 Å². The monoisotopic (exact) mass is 856 g/mol. The normalized spacial score (nSPS) is 11.0. The molecule has 0 radical (unpaired) electrons. The SMILES string of the molecule is CCC.Cc1ccccc1.NCc1cccc(-n2c3ccccc3c3ccc4c(ccc5ccc6c(c7ccccc7n6-c6ccccc6)c54)c32)c1.Nc1ccccc1Cc1ccccc1. The Hall–Kier alpha value is -7.92. The van der Waals surface area contributed by atoms with Crippen LogP contribution in [0.3, 0.4) is 0 Å². The van der Waals surface area contributed by atoms with E-state index in [1.54, 1.807) is 0 Å². The van der Waals surface area contributed by atoms with Crippen molar-refractivity contribution in [2.24, 2.45) is 5.73 Å². The van der Waals surface area contributed by atoms with Crippen LogP contribution in [0.5, 0.6) is 0 Å². The first-order valence-electron chi connectivity index (χ1n) is 23.0. The zero-order valence-electron chi connectivity index (χ0n) is 38.0. The third-order valence-corrected chi connectivity index (χ3v) is 12.1. The van der Waals surface area contributed by atoms with E-state index >= 15 is 0 Å². The molecule has 0 unspecified atom stereocenters. The van der Waals surface area contributed by atoms with Gasteiger partial charge in [-0.25, -0.2) is 0 Å². The van der Waals surface area contributed by atoms with E-state index in [1.807, 2.05) is 42.5 Å². The maximum Gasteiger partial charge on any atom is 0.0619 e. The molecule has 0 amide bonds. The minimum absolute atomic E-state index is 0.514. The molecule has 0 fully saturated rings. The van der Waals surface area contributed by atoms with Crippen molar-refractivity contribution in [2.45, 2.75) is 40.2 Å². The number of aromatic nitrogens is 2. The number of anilines is 1. The summed E-state index contributed by atoms with van der Waals surface area (Å²) >= 11 is 0. The molecule has 0 aliphatic carbocycles. The van der Waals surface area contributed by atoms with E-state index < -0.39 is 0 Å². The second kappa shape index (κ2) is 19.9. The summed E-state index contributed by atoms with van der Waals surface area (Å²) in [5.41, 5.74) is 24.9. The average Bonchev–Trinajstić information content (AvgIpc) is 3.89. The number of rotatable bonds is 5. The molecule has 4 heteroatoms. The zero-order valence-corrected chi connectivity index (χ0v) is 38.0. The van der Waals surface area contributed by atoms with Crippen LogP contribution in [0.15, 0.2) is 224 Å². The van der Waals surface area contributed by atoms with Crippen molar-refractivity contribution in [1.82, 2.24) is 9.13 Å². The Balaban J connectivity index is 0.000000187. The molecular formula is C62H56N4. The molecule has 10 aromatic carbocycles. The highest BCUT2D eigenvalue weighted by Gasteiger charge is 2.19. The van der Waals surface area contributed by atoms with Crippen LogP contribution in [0.2, 0.25) is 0 Å². The first kappa shape index (κ1) is 43.3. The fraction of sp³-hybridized carbons (Fsp3) is 0.0968. The lowest BCUT2D eigenvalue weighted by molar-refractivity contribution is 1.06. The van der Waals surface area contributed by atoms with E-state index in [9.17, 15) is 0 Å². The molecule has 2 aromatic heterocycles. The number of hydrogen-bond donors (Lipinski definition) is 2. The number of hydrogen-bond acceptors (Lipinski definition) is 2. The number of aryl methyl sites for hydroxylation is 1. The number of nitrogens with zero attached hydrogens (tertiary/aromatic N) is 2. The molecule has 0 bridgehead atoms. The van der Waals surface area contributed by atoms with Gasteiger partial charge in [-0.2, -0.15) is 0 Å². The molecule has 4 N–H and O–H groups in total. The van der Waals surface area contributed by atoms with E-state index in [4.69, 9.17) is 11.5 Å². The van der Waals surface area contributed by atoms with Crippen LogP contribution < -0.4 is 11.5 Å². The maximum atomic E-state index is 6.08. The predicted molar refractivity (Wildman–Crippen MR) is 285 cm³/mol. The van der Waals surface area contributed by atoms with Gasteiger partial charge in [-0.15, -0.1) is 0 Å². The molecule has 0 aliphatic rings. The number of nitrogen functional groups attached to an aromatic ring is 1. The summed E-state index contributed by atoms with van der Waals surface area (Å²) in [5, 5.41) is 10.1. The van der Waals surface area contributed by atoms with Crippen molar-refractivity contribution in [1.29, 1.82) is 0 Å². The van der Waals surface area contributed by atoms with Gasteiger partial charge in [0.15, 0.2) is 0 Å². The molecule has 0 saturated carbocycles. The van der Waals surface area contributed by atoms with Crippen LogP contribution in [0.25, 0.3) is 76.5 Å². The molecule has 4 nitrogen and oxygen atoms in total. The fourth-order valence-corrected chi connectivity index (χ4v) is 9.14. The minimum Gasteiger partial charge on any atom is -0.398 e. The standard InChI is InChI=1S/C39H27N3.C13H13N.C7H8.C3H8/c40-24-25-9-8-12-28(23-25)42-34-15-6-4-13-29(34)31-21-20-30-32(39(31)42)19-17-26-18-22-36-38(37(26)30)33-14-5-7-16-35(33)41(36)27-10-2-1-3-11-27;14-13-9-5-4-8-12(13)10-11-6-2-1-3-7-11;1-7-5-3-2-4-6-7;1-3-2/h1-23H,24,40H2;1-9H,10,14H2;2-6H,1H3;3H2,1-2H3. The fourth-order valence-electron chi connectivity index (χ4n) is 9.14. The van der Waals surface area contributed by atoms with Crippen molar-refractivity contribution < 1.29 is 0 Å². The highest BCUT2D eigenvalue weighted by atomic mass is 15.0. The Morgan fingerprint density at radius 2 is 0.939 bits per heavy atom. The Morgan fingerprint density at radius 3 is 1.62 bits per heavy atom. The summed E-state index contributed by atoms with van der Waals surface area (Å²) in [6.07, 6.45) is 2.16. The third-order valence-electron chi connectivity index (χ3n) is 12.1. The zero-order chi connectivity index (χ0) is 45.4. The Bertz CT molecular complexity index is 3550. The number of nitrogens with two attached hydrogens (primary N) is 2. The van der Waals surface area contributed by atoms with E-state index in [-0.39, 0.29) is 0 Å². The lowest BCUT2D eigenvalue weighted by Crippen LogP contribution is -1.99. The van der Waals surface area contributed by atoms with Gasteiger partial charge < -0.3 is 20.6 Å². The largest absolute Gasteiger partial charge is 0.398 e. The highest BCUT2D eigenvalue weighted by Crippen LogP contribution is 2.43. The van der Waals surface area contributed by atoms with Crippen molar-refractivity contribution >= 4 is 70.8 Å². The van der Waals surface area contributed by atoms with Gasteiger partial charge >= 0.3 is 0 Å².